The van der Waals surface area contributed by atoms with Gasteiger partial charge >= 0.3 is 6.09 Å². The van der Waals surface area contributed by atoms with E-state index in [1.807, 2.05) is 39.0 Å². The fourth-order valence-electron chi connectivity index (χ4n) is 2.90. The summed E-state index contributed by atoms with van der Waals surface area (Å²) in [6.45, 7) is 8.23. The molecule has 0 saturated carbocycles. The molecule has 1 aliphatic heterocycles. The average Bonchev–Trinajstić information content (AvgIpc) is 2.47. The molecule has 6 heteroatoms. The molecule has 1 fully saturated rings. The predicted molar refractivity (Wildman–Crippen MR) is 98.4 cm³/mol. The molecule has 1 aromatic carbocycles. The first kappa shape index (κ1) is 19.1. The van der Waals surface area contributed by atoms with Crippen molar-refractivity contribution >= 4 is 22.0 Å². The van der Waals surface area contributed by atoms with Crippen LogP contribution >= 0.6 is 15.9 Å². The van der Waals surface area contributed by atoms with Gasteiger partial charge in [-0.05, 0) is 52.3 Å². The first-order valence-electron chi connectivity index (χ1n) is 8.32. The van der Waals surface area contributed by atoms with E-state index in [2.05, 4.69) is 26.1 Å². The van der Waals surface area contributed by atoms with Crippen LogP contribution < -0.4 is 10.1 Å². The molecule has 0 spiro atoms. The van der Waals surface area contributed by atoms with E-state index < -0.39 is 5.60 Å². The highest BCUT2D eigenvalue weighted by atomic mass is 79.9. The first-order valence-corrected chi connectivity index (χ1v) is 9.11. The number of rotatable bonds is 4. The number of alkyl carbamates (subject to hydrolysis) is 1. The van der Waals surface area contributed by atoms with E-state index in [0.717, 1.165) is 48.3 Å². The molecule has 1 atom stereocenters. The van der Waals surface area contributed by atoms with Gasteiger partial charge in [0.05, 0.1) is 7.11 Å². The number of carbonyl (C=O) groups is 1. The maximum absolute atomic E-state index is 12.0. The topological polar surface area (TPSA) is 50.8 Å². The molecule has 24 heavy (non-hydrogen) atoms. The van der Waals surface area contributed by atoms with Crippen molar-refractivity contribution in [3.63, 3.8) is 0 Å². The number of halogens is 1. The monoisotopic (exact) mass is 398 g/mol. The Balaban J connectivity index is 1.95. The molecular formula is C18H27BrN2O3. The third-order valence-electron chi connectivity index (χ3n) is 3.90. The Kier molecular flexibility index (Phi) is 6.52. The van der Waals surface area contributed by atoms with Crippen LogP contribution in [0.25, 0.3) is 0 Å². The Morgan fingerprint density at radius 3 is 2.83 bits per heavy atom. The van der Waals surface area contributed by atoms with Crippen molar-refractivity contribution in [2.75, 3.05) is 20.2 Å². The predicted octanol–water partition coefficient (Wildman–Crippen LogP) is 3.95. The minimum atomic E-state index is -0.472. The van der Waals surface area contributed by atoms with Gasteiger partial charge in [0.15, 0.2) is 0 Å². The molecule has 0 bridgehead atoms. The average molecular weight is 399 g/mol. The molecule has 0 aliphatic carbocycles. The summed E-state index contributed by atoms with van der Waals surface area (Å²) < 4.78 is 11.9. The highest BCUT2D eigenvalue weighted by molar-refractivity contribution is 9.10. The van der Waals surface area contributed by atoms with Gasteiger partial charge in [0, 0.05) is 29.2 Å². The lowest BCUT2D eigenvalue weighted by Crippen LogP contribution is -2.48. The van der Waals surface area contributed by atoms with E-state index in [4.69, 9.17) is 9.47 Å². The second-order valence-corrected chi connectivity index (χ2v) is 8.00. The summed E-state index contributed by atoms with van der Waals surface area (Å²) in [5.41, 5.74) is 0.665. The summed E-state index contributed by atoms with van der Waals surface area (Å²) in [5.74, 6) is 0.881. The van der Waals surface area contributed by atoms with Gasteiger partial charge in [0.1, 0.15) is 11.4 Å². The van der Waals surface area contributed by atoms with Crippen LogP contribution in [0.15, 0.2) is 22.7 Å². The Labute approximate surface area is 152 Å². The molecule has 134 valence electrons. The maximum atomic E-state index is 12.0. The number of nitrogens with one attached hydrogen (secondary N) is 1. The standard InChI is InChI=1S/C18H27BrN2O3/c1-18(2,3)24-17(22)20-13-7-6-10-21(11-13)12-14-15(19)8-5-9-16(14)23-4/h5,8-9,13H,6-7,10-12H2,1-4H3,(H,20,22)/t13-/m0/s1. The van der Waals surface area contributed by atoms with Crippen LogP contribution in [-0.2, 0) is 11.3 Å². The summed E-state index contributed by atoms with van der Waals surface area (Å²) in [7, 11) is 1.69. The van der Waals surface area contributed by atoms with Crippen LogP contribution in [0.3, 0.4) is 0 Å². The van der Waals surface area contributed by atoms with Crippen LogP contribution in [0, 0.1) is 0 Å². The molecule has 5 nitrogen and oxygen atoms in total. The zero-order chi connectivity index (χ0) is 17.7. The molecule has 1 heterocycles. The quantitative estimate of drug-likeness (QED) is 0.833. The Morgan fingerprint density at radius 2 is 2.17 bits per heavy atom. The minimum absolute atomic E-state index is 0.113. The summed E-state index contributed by atoms with van der Waals surface area (Å²) in [6, 6.07) is 6.08. The number of hydrogen-bond donors (Lipinski definition) is 1. The summed E-state index contributed by atoms with van der Waals surface area (Å²) in [4.78, 5) is 14.3. The molecule has 2 rings (SSSR count). The molecule has 1 amide bonds. The van der Waals surface area contributed by atoms with Crippen LogP contribution in [0.4, 0.5) is 4.79 Å². The highest BCUT2D eigenvalue weighted by Gasteiger charge is 2.25. The minimum Gasteiger partial charge on any atom is -0.496 e. The molecule has 0 unspecified atom stereocenters. The first-order chi connectivity index (χ1) is 11.3. The normalized spacial score (nSPS) is 19.0. The van der Waals surface area contributed by atoms with Gasteiger partial charge in [0.25, 0.3) is 0 Å². The lowest BCUT2D eigenvalue weighted by Gasteiger charge is -2.34. The third kappa shape index (κ3) is 5.67. The zero-order valence-electron chi connectivity index (χ0n) is 14.9. The van der Waals surface area contributed by atoms with Crippen molar-refractivity contribution in [2.24, 2.45) is 0 Å². The molecule has 1 saturated heterocycles. The van der Waals surface area contributed by atoms with E-state index in [1.165, 1.54) is 0 Å². The fraction of sp³-hybridized carbons (Fsp3) is 0.611. The molecule has 1 aliphatic rings. The Morgan fingerprint density at radius 1 is 1.42 bits per heavy atom. The molecule has 1 N–H and O–H groups in total. The van der Waals surface area contributed by atoms with Crippen molar-refractivity contribution in [3.05, 3.63) is 28.2 Å². The van der Waals surface area contributed by atoms with E-state index in [1.54, 1.807) is 7.11 Å². The number of carbonyl (C=O) groups excluding carboxylic acids is 1. The SMILES string of the molecule is COc1cccc(Br)c1CN1CCC[C@H](NC(=O)OC(C)(C)C)C1. The number of benzene rings is 1. The molecular weight excluding hydrogens is 372 g/mol. The number of likely N-dealkylation sites (tertiary alicyclic amines) is 1. The van der Waals surface area contributed by atoms with E-state index >= 15 is 0 Å². The number of nitrogens with zero attached hydrogens (tertiary/aromatic N) is 1. The molecule has 0 aromatic heterocycles. The van der Waals surface area contributed by atoms with Gasteiger partial charge in [-0.3, -0.25) is 4.90 Å². The number of methoxy groups -OCH3 is 1. The highest BCUT2D eigenvalue weighted by Crippen LogP contribution is 2.29. The van der Waals surface area contributed by atoms with Crippen molar-refractivity contribution in [1.82, 2.24) is 10.2 Å². The van der Waals surface area contributed by atoms with Crippen molar-refractivity contribution in [1.29, 1.82) is 0 Å². The lowest BCUT2D eigenvalue weighted by molar-refractivity contribution is 0.0470. The van der Waals surface area contributed by atoms with Crippen LogP contribution in [0.2, 0.25) is 0 Å². The van der Waals surface area contributed by atoms with Gasteiger partial charge < -0.3 is 14.8 Å². The Hall–Kier alpha value is -1.27. The van der Waals surface area contributed by atoms with Gasteiger partial charge in [-0.1, -0.05) is 22.0 Å². The maximum Gasteiger partial charge on any atom is 0.407 e. The lowest BCUT2D eigenvalue weighted by atomic mass is 10.0. The van der Waals surface area contributed by atoms with Gasteiger partial charge in [0.2, 0.25) is 0 Å². The van der Waals surface area contributed by atoms with Crippen LogP contribution in [0.5, 0.6) is 5.75 Å². The van der Waals surface area contributed by atoms with Crippen LogP contribution in [0.1, 0.15) is 39.2 Å². The van der Waals surface area contributed by atoms with Crippen molar-refractivity contribution < 1.29 is 14.3 Å². The van der Waals surface area contributed by atoms with Gasteiger partial charge in [-0.2, -0.15) is 0 Å². The third-order valence-corrected chi connectivity index (χ3v) is 4.65. The number of amides is 1. The Bertz CT molecular complexity index is 572. The second kappa shape index (κ2) is 8.21. The summed E-state index contributed by atoms with van der Waals surface area (Å²) in [5, 5.41) is 2.99. The van der Waals surface area contributed by atoms with E-state index in [9.17, 15) is 4.79 Å². The molecule has 1 aromatic rings. The van der Waals surface area contributed by atoms with Crippen molar-refractivity contribution in [2.45, 2.75) is 51.8 Å². The number of piperidine rings is 1. The zero-order valence-corrected chi connectivity index (χ0v) is 16.5. The van der Waals surface area contributed by atoms with Crippen LogP contribution in [-0.4, -0.2) is 42.8 Å². The number of ether oxygens (including phenoxy) is 2. The summed E-state index contributed by atoms with van der Waals surface area (Å²) >= 11 is 3.61. The van der Waals surface area contributed by atoms with Gasteiger partial charge in [-0.15, -0.1) is 0 Å². The summed E-state index contributed by atoms with van der Waals surface area (Å²) in [6.07, 6.45) is 1.68. The van der Waals surface area contributed by atoms with E-state index in [0.29, 0.717) is 0 Å². The smallest absolute Gasteiger partial charge is 0.407 e. The van der Waals surface area contributed by atoms with Crippen molar-refractivity contribution in [3.8, 4) is 5.75 Å². The second-order valence-electron chi connectivity index (χ2n) is 7.14. The fourth-order valence-corrected chi connectivity index (χ4v) is 3.37. The van der Waals surface area contributed by atoms with E-state index in [-0.39, 0.29) is 12.1 Å². The number of hydrogen-bond acceptors (Lipinski definition) is 4. The van der Waals surface area contributed by atoms with Gasteiger partial charge in [-0.25, -0.2) is 4.79 Å². The largest absolute Gasteiger partial charge is 0.496 e. The molecule has 0 radical (unpaired) electrons.